The Hall–Kier alpha value is -1.35. The van der Waals surface area contributed by atoms with Gasteiger partial charge in [0.25, 0.3) is 0 Å². The molecular weight excluding hydrogens is 447 g/mol. The monoisotopic (exact) mass is 474 g/mol. The third-order valence-electron chi connectivity index (χ3n) is 3.85. The van der Waals surface area contributed by atoms with E-state index in [1.54, 1.807) is 25.5 Å². The standard InChI is InChI=1S/C18H26N4OS.HI/c1-12-10-15(6-7-16(12)23-5)11-21-18(19-4)20-9-8-17-22-13(2)14(3)24-17;/h6-7,10H,8-9,11H2,1-5H3,(H2,19,20,21);1H. The quantitative estimate of drug-likeness (QED) is 0.382. The summed E-state index contributed by atoms with van der Waals surface area (Å²) < 4.78 is 5.29. The highest BCUT2D eigenvalue weighted by Gasteiger charge is 2.05. The fraction of sp³-hybridized carbons (Fsp3) is 0.444. The van der Waals surface area contributed by atoms with Crippen molar-refractivity contribution in [1.29, 1.82) is 0 Å². The van der Waals surface area contributed by atoms with Crippen LogP contribution in [0.25, 0.3) is 0 Å². The van der Waals surface area contributed by atoms with E-state index in [0.717, 1.165) is 42.5 Å². The Balaban J connectivity index is 0.00000312. The first-order valence-electron chi connectivity index (χ1n) is 8.04. The van der Waals surface area contributed by atoms with E-state index in [-0.39, 0.29) is 24.0 Å². The van der Waals surface area contributed by atoms with Crippen molar-refractivity contribution in [3.8, 4) is 5.75 Å². The van der Waals surface area contributed by atoms with Gasteiger partial charge in [-0.3, -0.25) is 4.99 Å². The Labute approximate surface area is 171 Å². The molecule has 2 N–H and O–H groups in total. The van der Waals surface area contributed by atoms with Crippen LogP contribution in [0.1, 0.15) is 26.7 Å². The van der Waals surface area contributed by atoms with Gasteiger partial charge in [-0.2, -0.15) is 0 Å². The van der Waals surface area contributed by atoms with Gasteiger partial charge < -0.3 is 15.4 Å². The number of rotatable bonds is 6. The summed E-state index contributed by atoms with van der Waals surface area (Å²) in [5.41, 5.74) is 3.46. The molecule has 0 fully saturated rings. The SMILES string of the molecule is CN=C(NCCc1nc(C)c(C)s1)NCc1ccc(OC)c(C)c1.I. The number of nitrogens with zero attached hydrogens (tertiary/aromatic N) is 2. The summed E-state index contributed by atoms with van der Waals surface area (Å²) in [5.74, 6) is 1.71. The molecule has 0 aliphatic heterocycles. The van der Waals surface area contributed by atoms with Gasteiger partial charge in [-0.15, -0.1) is 35.3 Å². The minimum Gasteiger partial charge on any atom is -0.496 e. The molecule has 0 aliphatic rings. The summed E-state index contributed by atoms with van der Waals surface area (Å²) in [6.07, 6.45) is 0.904. The minimum atomic E-state index is 0. The molecule has 2 rings (SSSR count). The Morgan fingerprint density at radius 1 is 1.24 bits per heavy atom. The molecule has 0 bridgehead atoms. The molecule has 0 unspecified atom stereocenters. The number of thiazole rings is 1. The lowest BCUT2D eigenvalue weighted by Gasteiger charge is -2.12. The molecule has 1 heterocycles. The number of halogens is 1. The second kappa shape index (κ2) is 10.6. The van der Waals surface area contributed by atoms with Crippen LogP contribution in [0.4, 0.5) is 0 Å². The van der Waals surface area contributed by atoms with Gasteiger partial charge in [-0.1, -0.05) is 12.1 Å². The van der Waals surface area contributed by atoms with Crippen LogP contribution in [-0.4, -0.2) is 31.6 Å². The highest BCUT2D eigenvalue weighted by molar-refractivity contribution is 14.0. The van der Waals surface area contributed by atoms with Crippen molar-refractivity contribution in [3.05, 3.63) is 44.9 Å². The lowest BCUT2D eigenvalue weighted by molar-refractivity contribution is 0.411. The van der Waals surface area contributed by atoms with Gasteiger partial charge in [0.05, 0.1) is 17.8 Å². The van der Waals surface area contributed by atoms with E-state index in [4.69, 9.17) is 4.74 Å². The number of benzene rings is 1. The van der Waals surface area contributed by atoms with Crippen LogP contribution >= 0.6 is 35.3 Å². The van der Waals surface area contributed by atoms with Crippen molar-refractivity contribution in [2.24, 2.45) is 4.99 Å². The molecule has 0 aliphatic carbocycles. The summed E-state index contributed by atoms with van der Waals surface area (Å²) in [7, 11) is 3.48. The third-order valence-corrected chi connectivity index (χ3v) is 4.98. The molecule has 138 valence electrons. The summed E-state index contributed by atoms with van der Waals surface area (Å²) >= 11 is 1.77. The second-order valence-electron chi connectivity index (χ2n) is 5.66. The molecule has 5 nitrogen and oxygen atoms in total. The number of nitrogens with one attached hydrogen (secondary N) is 2. The van der Waals surface area contributed by atoms with Crippen molar-refractivity contribution in [1.82, 2.24) is 15.6 Å². The maximum Gasteiger partial charge on any atom is 0.191 e. The smallest absolute Gasteiger partial charge is 0.191 e. The van der Waals surface area contributed by atoms with Crippen molar-refractivity contribution in [2.75, 3.05) is 20.7 Å². The Morgan fingerprint density at radius 3 is 2.56 bits per heavy atom. The Bertz CT molecular complexity index is 696. The van der Waals surface area contributed by atoms with E-state index in [1.807, 2.05) is 13.0 Å². The van der Waals surface area contributed by atoms with E-state index < -0.39 is 0 Å². The molecule has 1 aromatic carbocycles. The van der Waals surface area contributed by atoms with Gasteiger partial charge in [-0.05, 0) is 38.0 Å². The number of hydrogen-bond donors (Lipinski definition) is 2. The number of hydrogen-bond acceptors (Lipinski definition) is 4. The predicted molar refractivity (Wildman–Crippen MR) is 117 cm³/mol. The first-order chi connectivity index (χ1) is 11.5. The molecule has 0 radical (unpaired) electrons. The number of ether oxygens (including phenoxy) is 1. The van der Waals surface area contributed by atoms with Gasteiger partial charge in [0.2, 0.25) is 0 Å². The van der Waals surface area contributed by atoms with Crippen LogP contribution in [0.15, 0.2) is 23.2 Å². The van der Waals surface area contributed by atoms with E-state index in [1.165, 1.54) is 15.4 Å². The number of guanidine groups is 1. The van der Waals surface area contributed by atoms with Crippen LogP contribution in [0, 0.1) is 20.8 Å². The molecule has 0 spiro atoms. The zero-order valence-corrected chi connectivity index (χ0v) is 18.6. The van der Waals surface area contributed by atoms with Crippen LogP contribution < -0.4 is 15.4 Å². The van der Waals surface area contributed by atoms with Crippen molar-refractivity contribution >= 4 is 41.3 Å². The highest BCUT2D eigenvalue weighted by atomic mass is 127. The van der Waals surface area contributed by atoms with Crippen LogP contribution in [0.5, 0.6) is 5.75 Å². The number of aryl methyl sites for hydroxylation is 3. The first kappa shape index (κ1) is 21.7. The number of aliphatic imine (C=N–C) groups is 1. The molecule has 2 aromatic rings. The number of aromatic nitrogens is 1. The minimum absolute atomic E-state index is 0. The average Bonchev–Trinajstić information content (AvgIpc) is 2.89. The molecule has 0 atom stereocenters. The van der Waals surface area contributed by atoms with E-state index in [2.05, 4.69) is 46.6 Å². The normalized spacial score (nSPS) is 11.0. The maximum atomic E-state index is 5.29. The van der Waals surface area contributed by atoms with Crippen molar-refractivity contribution < 1.29 is 4.74 Å². The predicted octanol–water partition coefficient (Wildman–Crippen LogP) is 3.60. The van der Waals surface area contributed by atoms with Gasteiger partial charge in [0.15, 0.2) is 5.96 Å². The lowest BCUT2D eigenvalue weighted by Crippen LogP contribution is -2.37. The van der Waals surface area contributed by atoms with E-state index in [0.29, 0.717) is 0 Å². The Morgan fingerprint density at radius 2 is 2.00 bits per heavy atom. The molecule has 0 saturated heterocycles. The van der Waals surface area contributed by atoms with Gasteiger partial charge in [-0.25, -0.2) is 4.98 Å². The van der Waals surface area contributed by atoms with E-state index >= 15 is 0 Å². The summed E-state index contributed by atoms with van der Waals surface area (Å²) in [6.45, 7) is 7.75. The largest absolute Gasteiger partial charge is 0.496 e. The topological polar surface area (TPSA) is 58.5 Å². The molecule has 0 amide bonds. The summed E-state index contributed by atoms with van der Waals surface area (Å²) in [4.78, 5) is 10.1. The molecule has 7 heteroatoms. The van der Waals surface area contributed by atoms with Crippen LogP contribution in [-0.2, 0) is 13.0 Å². The van der Waals surface area contributed by atoms with Crippen molar-refractivity contribution in [3.63, 3.8) is 0 Å². The van der Waals surface area contributed by atoms with E-state index in [9.17, 15) is 0 Å². The maximum absolute atomic E-state index is 5.29. The van der Waals surface area contributed by atoms with Crippen LogP contribution in [0.3, 0.4) is 0 Å². The van der Waals surface area contributed by atoms with Crippen LogP contribution in [0.2, 0.25) is 0 Å². The highest BCUT2D eigenvalue weighted by Crippen LogP contribution is 2.18. The average molecular weight is 474 g/mol. The van der Waals surface area contributed by atoms with Crippen molar-refractivity contribution in [2.45, 2.75) is 33.7 Å². The number of methoxy groups -OCH3 is 1. The summed E-state index contributed by atoms with van der Waals surface area (Å²) in [6, 6.07) is 6.18. The zero-order chi connectivity index (χ0) is 17.5. The van der Waals surface area contributed by atoms with Gasteiger partial charge in [0, 0.05) is 31.4 Å². The third kappa shape index (κ3) is 6.47. The lowest BCUT2D eigenvalue weighted by atomic mass is 10.1. The molecule has 25 heavy (non-hydrogen) atoms. The molecule has 1 aromatic heterocycles. The molecular formula is C18H27IN4OS. The second-order valence-corrected chi connectivity index (χ2v) is 6.94. The zero-order valence-electron chi connectivity index (χ0n) is 15.5. The van der Waals surface area contributed by atoms with Gasteiger partial charge >= 0.3 is 0 Å². The first-order valence-corrected chi connectivity index (χ1v) is 8.86. The molecule has 0 saturated carbocycles. The Kier molecular flexibility index (Phi) is 9.20. The fourth-order valence-electron chi connectivity index (χ4n) is 2.39. The fourth-order valence-corrected chi connectivity index (χ4v) is 3.32. The summed E-state index contributed by atoms with van der Waals surface area (Å²) in [5, 5.41) is 7.83. The van der Waals surface area contributed by atoms with Gasteiger partial charge in [0.1, 0.15) is 5.75 Å².